The van der Waals surface area contributed by atoms with E-state index in [0.717, 1.165) is 10.8 Å². The summed E-state index contributed by atoms with van der Waals surface area (Å²) >= 11 is 0. The molecular weight excluding hydrogens is 484 g/mol. The number of hydrogen-bond donors (Lipinski definition) is 1. The molecule has 0 aliphatic carbocycles. The van der Waals surface area contributed by atoms with Gasteiger partial charge in [0.1, 0.15) is 11.6 Å². The molecule has 1 N–H and O–H groups in total. The second-order valence-electron chi connectivity index (χ2n) is 7.99. The van der Waals surface area contributed by atoms with Crippen LogP contribution in [0.4, 0.5) is 5.69 Å². The molecule has 0 aliphatic heterocycles. The van der Waals surface area contributed by atoms with Crippen LogP contribution in [0.3, 0.4) is 0 Å². The molecule has 0 bridgehead atoms. The first-order valence-electron chi connectivity index (χ1n) is 11.4. The van der Waals surface area contributed by atoms with Crippen molar-refractivity contribution in [2.75, 3.05) is 19.5 Å². The molecule has 0 saturated heterocycles. The first-order chi connectivity index (χ1) is 18.4. The Bertz CT molecular complexity index is 1610. The number of rotatable bonds is 7. The minimum atomic E-state index is -0.728. The van der Waals surface area contributed by atoms with E-state index in [0.29, 0.717) is 16.9 Å². The zero-order chi connectivity index (χ0) is 27.1. The molecule has 0 unspecified atom stereocenters. The highest BCUT2D eigenvalue weighted by Gasteiger charge is 2.18. The Morgan fingerprint density at radius 2 is 1.53 bits per heavy atom. The van der Waals surface area contributed by atoms with Gasteiger partial charge < -0.3 is 19.5 Å². The number of ether oxygens (including phenoxy) is 3. The molecule has 0 spiro atoms. The van der Waals surface area contributed by atoms with E-state index in [2.05, 4.69) is 5.32 Å². The van der Waals surface area contributed by atoms with Crippen molar-refractivity contribution in [1.82, 2.24) is 0 Å². The number of amides is 1. The summed E-state index contributed by atoms with van der Waals surface area (Å²) in [6, 6.07) is 25.6. The molecule has 0 heterocycles. The second-order valence-corrected chi connectivity index (χ2v) is 7.99. The lowest BCUT2D eigenvalue weighted by molar-refractivity contribution is -0.112. The Morgan fingerprint density at radius 3 is 2.29 bits per heavy atom. The second kappa shape index (κ2) is 11.5. The van der Waals surface area contributed by atoms with Crippen molar-refractivity contribution in [3.05, 3.63) is 107 Å². The van der Waals surface area contributed by atoms with Crippen molar-refractivity contribution in [3.63, 3.8) is 0 Å². The number of benzene rings is 4. The van der Waals surface area contributed by atoms with E-state index in [1.54, 1.807) is 36.4 Å². The average molecular weight is 507 g/mol. The van der Waals surface area contributed by atoms with E-state index in [1.165, 1.54) is 38.5 Å². The van der Waals surface area contributed by atoms with E-state index in [-0.39, 0.29) is 22.6 Å². The molecule has 4 aromatic rings. The molecule has 8 nitrogen and oxygen atoms in total. The molecule has 0 aromatic heterocycles. The van der Waals surface area contributed by atoms with Crippen LogP contribution < -0.4 is 14.8 Å². The molecule has 38 heavy (non-hydrogen) atoms. The number of methoxy groups -OCH3 is 2. The minimum absolute atomic E-state index is 0.118. The van der Waals surface area contributed by atoms with Gasteiger partial charge in [-0.15, -0.1) is 0 Å². The fourth-order valence-electron chi connectivity index (χ4n) is 3.81. The van der Waals surface area contributed by atoms with E-state index < -0.39 is 17.8 Å². The maximum atomic E-state index is 13.1. The van der Waals surface area contributed by atoms with Crippen LogP contribution in [0.5, 0.6) is 11.5 Å². The third-order valence-corrected chi connectivity index (χ3v) is 5.66. The van der Waals surface area contributed by atoms with Crippen molar-refractivity contribution in [2.45, 2.75) is 0 Å². The molecule has 0 aliphatic rings. The summed E-state index contributed by atoms with van der Waals surface area (Å²) in [4.78, 5) is 37.9. The van der Waals surface area contributed by atoms with Gasteiger partial charge in [-0.05, 0) is 52.7 Å². The third kappa shape index (κ3) is 5.53. The molecule has 4 rings (SSSR count). The number of anilines is 1. The van der Waals surface area contributed by atoms with Crippen LogP contribution in [-0.4, -0.2) is 32.1 Å². The summed E-state index contributed by atoms with van der Waals surface area (Å²) < 4.78 is 15.8. The summed E-state index contributed by atoms with van der Waals surface area (Å²) in [6.45, 7) is 0. The number of nitrogens with zero attached hydrogens (tertiary/aromatic N) is 1. The number of carbonyl (C=O) groups excluding carboxylic acids is 3. The van der Waals surface area contributed by atoms with E-state index in [1.807, 2.05) is 36.4 Å². The van der Waals surface area contributed by atoms with Crippen molar-refractivity contribution in [3.8, 4) is 17.6 Å². The topological polar surface area (TPSA) is 115 Å². The van der Waals surface area contributed by atoms with Crippen LogP contribution in [0.2, 0.25) is 0 Å². The number of para-hydroxylation sites is 1. The Morgan fingerprint density at radius 1 is 0.816 bits per heavy atom. The van der Waals surface area contributed by atoms with Gasteiger partial charge in [-0.3, -0.25) is 4.79 Å². The van der Waals surface area contributed by atoms with Gasteiger partial charge in [-0.25, -0.2) is 9.59 Å². The summed E-state index contributed by atoms with van der Waals surface area (Å²) in [5.41, 5.74) is 0.908. The van der Waals surface area contributed by atoms with Crippen LogP contribution in [-0.2, 0) is 9.53 Å². The van der Waals surface area contributed by atoms with Crippen molar-refractivity contribution in [1.29, 1.82) is 5.26 Å². The highest BCUT2D eigenvalue weighted by Crippen LogP contribution is 2.31. The Hall–Kier alpha value is -5.42. The van der Waals surface area contributed by atoms with Crippen molar-refractivity contribution in [2.24, 2.45) is 0 Å². The molecule has 0 radical (unpaired) electrons. The van der Waals surface area contributed by atoms with Gasteiger partial charge in [-0.1, -0.05) is 54.6 Å². The highest BCUT2D eigenvalue weighted by molar-refractivity contribution is 6.12. The maximum absolute atomic E-state index is 13.1. The predicted molar refractivity (Wildman–Crippen MR) is 142 cm³/mol. The predicted octanol–water partition coefficient (Wildman–Crippen LogP) is 5.40. The van der Waals surface area contributed by atoms with Gasteiger partial charge in [-0.2, -0.15) is 5.26 Å². The van der Waals surface area contributed by atoms with Crippen molar-refractivity contribution < 1.29 is 28.6 Å². The normalized spacial score (nSPS) is 10.8. The van der Waals surface area contributed by atoms with Gasteiger partial charge in [0.15, 0.2) is 11.5 Å². The summed E-state index contributed by atoms with van der Waals surface area (Å²) in [5, 5.41) is 13.8. The number of esters is 2. The Balaban J connectivity index is 1.61. The Labute approximate surface area is 218 Å². The van der Waals surface area contributed by atoms with Crippen molar-refractivity contribution >= 4 is 40.4 Å². The van der Waals surface area contributed by atoms with Crippen LogP contribution in [0, 0.1) is 11.3 Å². The van der Waals surface area contributed by atoms with Crippen LogP contribution in [0.25, 0.3) is 16.8 Å². The van der Waals surface area contributed by atoms with Gasteiger partial charge in [0.25, 0.3) is 5.91 Å². The summed E-state index contributed by atoms with van der Waals surface area (Å²) in [6.07, 6.45) is 1.34. The van der Waals surface area contributed by atoms with Crippen LogP contribution in [0.15, 0.2) is 90.5 Å². The van der Waals surface area contributed by atoms with Gasteiger partial charge in [0.05, 0.1) is 31.0 Å². The first kappa shape index (κ1) is 25.7. The monoisotopic (exact) mass is 506 g/mol. The fraction of sp³-hybridized carbons (Fsp3) is 0.0667. The SMILES string of the molecule is COC(=O)c1ccccc1NC(=O)/C(C#N)=C/c1ccc(OC)c(OC(=O)c2cccc3ccccc23)c1. The molecule has 4 aromatic carbocycles. The smallest absolute Gasteiger partial charge is 0.344 e. The molecule has 0 saturated carbocycles. The lowest BCUT2D eigenvalue weighted by Crippen LogP contribution is -2.16. The Kier molecular flexibility index (Phi) is 7.80. The first-order valence-corrected chi connectivity index (χ1v) is 11.4. The van der Waals surface area contributed by atoms with E-state index in [9.17, 15) is 19.6 Å². The molecule has 8 heteroatoms. The highest BCUT2D eigenvalue weighted by atomic mass is 16.6. The molecule has 1 amide bonds. The van der Waals surface area contributed by atoms with Gasteiger partial charge in [0.2, 0.25) is 0 Å². The quantitative estimate of drug-likeness (QED) is 0.154. The van der Waals surface area contributed by atoms with E-state index in [4.69, 9.17) is 14.2 Å². The fourth-order valence-corrected chi connectivity index (χ4v) is 3.81. The van der Waals surface area contributed by atoms with Crippen LogP contribution in [0.1, 0.15) is 26.3 Å². The largest absolute Gasteiger partial charge is 0.493 e. The van der Waals surface area contributed by atoms with Crippen LogP contribution >= 0.6 is 0 Å². The molecule has 0 atom stereocenters. The zero-order valence-electron chi connectivity index (χ0n) is 20.6. The summed E-state index contributed by atoms with van der Waals surface area (Å²) in [5.74, 6) is -1.53. The maximum Gasteiger partial charge on any atom is 0.344 e. The molecular formula is C30H22N2O6. The standard InChI is InChI=1S/C30H22N2O6/c1-36-26-15-14-19(16-21(18-31)28(33)32-25-13-6-5-11-24(25)29(34)37-2)17-27(26)38-30(35)23-12-7-9-20-8-3-4-10-22(20)23/h3-17H,1-2H3,(H,32,33)/b21-16+. The molecule has 188 valence electrons. The number of fused-ring (bicyclic) bond motifs is 1. The summed E-state index contributed by atoms with van der Waals surface area (Å²) in [7, 11) is 2.67. The lowest BCUT2D eigenvalue weighted by Gasteiger charge is -2.12. The number of hydrogen-bond acceptors (Lipinski definition) is 7. The number of carbonyl (C=O) groups is 3. The van der Waals surface area contributed by atoms with E-state index >= 15 is 0 Å². The van der Waals surface area contributed by atoms with Gasteiger partial charge in [0, 0.05) is 0 Å². The lowest BCUT2D eigenvalue weighted by atomic mass is 10.0. The number of nitrogens with one attached hydrogen (secondary N) is 1. The minimum Gasteiger partial charge on any atom is -0.493 e. The zero-order valence-corrected chi connectivity index (χ0v) is 20.6. The average Bonchev–Trinajstić information content (AvgIpc) is 2.95. The van der Waals surface area contributed by atoms with Gasteiger partial charge >= 0.3 is 11.9 Å². The number of nitriles is 1. The molecule has 0 fully saturated rings. The third-order valence-electron chi connectivity index (χ3n) is 5.66.